The predicted octanol–water partition coefficient (Wildman–Crippen LogP) is 0.989. The topological polar surface area (TPSA) is 44.6 Å². The van der Waals surface area contributed by atoms with Crippen molar-refractivity contribution in [2.75, 3.05) is 6.61 Å². The molecule has 1 atom stereocenters. The average molecular weight is 158 g/mol. The lowest BCUT2D eigenvalue weighted by Crippen LogP contribution is -2.25. The summed E-state index contributed by atoms with van der Waals surface area (Å²) in [5, 5.41) is 12.6. The molecule has 0 radical (unpaired) electrons. The Morgan fingerprint density at radius 2 is 2.09 bits per heavy atom. The Kier molecular flexibility index (Phi) is 4.11. The number of hydrogen-bond donors (Lipinski definition) is 2. The Hall–Kier alpha value is -0.570. The Labute approximate surface area is 68.5 Å². The van der Waals surface area contributed by atoms with Crippen LogP contribution in [0.2, 0.25) is 0 Å². The zero-order chi connectivity index (χ0) is 8.91. The SMILES string of the molecule is CC(CO)N/N=C/C(C)(C)C. The van der Waals surface area contributed by atoms with Crippen LogP contribution in [0.4, 0.5) is 0 Å². The van der Waals surface area contributed by atoms with E-state index < -0.39 is 0 Å². The van der Waals surface area contributed by atoms with Crippen LogP contribution in [0.1, 0.15) is 27.7 Å². The zero-order valence-corrected chi connectivity index (χ0v) is 7.76. The van der Waals surface area contributed by atoms with Gasteiger partial charge < -0.3 is 10.5 Å². The van der Waals surface area contributed by atoms with Crippen molar-refractivity contribution < 1.29 is 5.11 Å². The first kappa shape index (κ1) is 10.4. The van der Waals surface area contributed by atoms with Crippen molar-refractivity contribution >= 4 is 6.21 Å². The number of rotatable bonds is 3. The normalized spacial score (nSPS) is 15.4. The van der Waals surface area contributed by atoms with Crippen molar-refractivity contribution in [3.63, 3.8) is 0 Å². The van der Waals surface area contributed by atoms with Crippen LogP contribution in [-0.4, -0.2) is 24.0 Å². The highest BCUT2D eigenvalue weighted by Crippen LogP contribution is 2.07. The molecule has 0 rings (SSSR count). The first-order valence-electron chi connectivity index (χ1n) is 3.86. The van der Waals surface area contributed by atoms with Crippen molar-refractivity contribution in [1.29, 1.82) is 0 Å². The molecule has 0 fully saturated rings. The van der Waals surface area contributed by atoms with Crippen LogP contribution < -0.4 is 5.43 Å². The maximum atomic E-state index is 8.63. The van der Waals surface area contributed by atoms with Crippen molar-refractivity contribution in [2.45, 2.75) is 33.7 Å². The smallest absolute Gasteiger partial charge is 0.0646 e. The first-order chi connectivity index (χ1) is 4.95. The van der Waals surface area contributed by atoms with E-state index >= 15 is 0 Å². The van der Waals surface area contributed by atoms with Crippen LogP contribution in [0.5, 0.6) is 0 Å². The number of hydrazone groups is 1. The van der Waals surface area contributed by atoms with Gasteiger partial charge in [-0.2, -0.15) is 5.10 Å². The molecule has 1 unspecified atom stereocenters. The van der Waals surface area contributed by atoms with Crippen LogP contribution in [0, 0.1) is 5.41 Å². The third-order valence-corrected chi connectivity index (χ3v) is 1.02. The molecular formula is C8H18N2O. The van der Waals surface area contributed by atoms with E-state index in [0.717, 1.165) is 0 Å². The molecule has 0 saturated carbocycles. The van der Waals surface area contributed by atoms with Crippen LogP contribution in [0.3, 0.4) is 0 Å². The van der Waals surface area contributed by atoms with E-state index in [0.29, 0.717) is 0 Å². The molecule has 2 N–H and O–H groups in total. The summed E-state index contributed by atoms with van der Waals surface area (Å²) in [6.07, 6.45) is 1.83. The molecule has 0 saturated heterocycles. The van der Waals surface area contributed by atoms with Gasteiger partial charge in [-0.25, -0.2) is 0 Å². The number of hydrogen-bond acceptors (Lipinski definition) is 3. The second kappa shape index (κ2) is 4.34. The number of aliphatic hydroxyl groups is 1. The Balaban J connectivity index is 3.61. The summed E-state index contributed by atoms with van der Waals surface area (Å²) >= 11 is 0. The molecular weight excluding hydrogens is 140 g/mol. The van der Waals surface area contributed by atoms with E-state index in [1.807, 2.05) is 13.1 Å². The minimum absolute atomic E-state index is 0.0357. The first-order valence-corrected chi connectivity index (χ1v) is 3.86. The van der Waals surface area contributed by atoms with Gasteiger partial charge in [0.25, 0.3) is 0 Å². The number of aliphatic hydroxyl groups excluding tert-OH is 1. The standard InChI is InChI=1S/C8H18N2O/c1-7(5-11)10-9-6-8(2,3)4/h6-7,10-11H,5H2,1-4H3/b9-6+. The monoisotopic (exact) mass is 158 g/mol. The molecule has 0 aliphatic rings. The van der Waals surface area contributed by atoms with Gasteiger partial charge in [0.05, 0.1) is 12.6 Å². The van der Waals surface area contributed by atoms with Crippen molar-refractivity contribution in [3.05, 3.63) is 0 Å². The van der Waals surface area contributed by atoms with Gasteiger partial charge >= 0.3 is 0 Å². The van der Waals surface area contributed by atoms with Gasteiger partial charge in [-0.05, 0) is 12.3 Å². The van der Waals surface area contributed by atoms with E-state index in [2.05, 4.69) is 31.3 Å². The predicted molar refractivity (Wildman–Crippen MR) is 47.6 cm³/mol. The van der Waals surface area contributed by atoms with Crippen LogP contribution in [0.25, 0.3) is 0 Å². The lowest BCUT2D eigenvalue weighted by Gasteiger charge is -2.12. The Morgan fingerprint density at radius 3 is 2.45 bits per heavy atom. The molecule has 0 aromatic heterocycles. The molecule has 0 bridgehead atoms. The van der Waals surface area contributed by atoms with Crippen molar-refractivity contribution in [2.24, 2.45) is 10.5 Å². The van der Waals surface area contributed by atoms with Crippen molar-refractivity contribution in [1.82, 2.24) is 5.43 Å². The second-order valence-electron chi connectivity index (χ2n) is 3.84. The molecule has 0 aliphatic heterocycles. The molecule has 3 heteroatoms. The third kappa shape index (κ3) is 7.33. The van der Waals surface area contributed by atoms with E-state index in [-0.39, 0.29) is 18.1 Å². The molecule has 0 spiro atoms. The van der Waals surface area contributed by atoms with Gasteiger partial charge in [-0.3, -0.25) is 0 Å². The molecule has 0 aromatic carbocycles. The molecule has 11 heavy (non-hydrogen) atoms. The zero-order valence-electron chi connectivity index (χ0n) is 7.76. The lowest BCUT2D eigenvalue weighted by molar-refractivity contribution is 0.253. The largest absolute Gasteiger partial charge is 0.394 e. The van der Waals surface area contributed by atoms with E-state index in [1.54, 1.807) is 0 Å². The molecule has 3 nitrogen and oxygen atoms in total. The van der Waals surface area contributed by atoms with E-state index in [4.69, 9.17) is 5.11 Å². The van der Waals surface area contributed by atoms with Gasteiger partial charge in [0.15, 0.2) is 0 Å². The fourth-order valence-corrected chi connectivity index (χ4v) is 0.399. The molecule has 0 aromatic rings. The minimum atomic E-state index is 0.0357. The average Bonchev–Trinajstić information content (AvgIpc) is 1.85. The maximum absolute atomic E-state index is 8.63. The van der Waals surface area contributed by atoms with Crippen molar-refractivity contribution in [3.8, 4) is 0 Å². The summed E-state index contributed by atoms with van der Waals surface area (Å²) < 4.78 is 0. The highest BCUT2D eigenvalue weighted by Gasteiger charge is 2.04. The van der Waals surface area contributed by atoms with Gasteiger partial charge in [0.1, 0.15) is 0 Å². The molecule has 0 aliphatic carbocycles. The highest BCUT2D eigenvalue weighted by molar-refractivity contribution is 5.63. The number of nitrogens with one attached hydrogen (secondary N) is 1. The van der Waals surface area contributed by atoms with Crippen LogP contribution in [-0.2, 0) is 0 Å². The molecule has 0 heterocycles. The molecule has 0 amide bonds. The number of nitrogens with zero attached hydrogens (tertiary/aromatic N) is 1. The molecule has 66 valence electrons. The van der Waals surface area contributed by atoms with Crippen LogP contribution in [0.15, 0.2) is 5.10 Å². The quantitative estimate of drug-likeness (QED) is 0.475. The maximum Gasteiger partial charge on any atom is 0.0646 e. The summed E-state index contributed by atoms with van der Waals surface area (Å²) in [6, 6.07) is 0.0357. The highest BCUT2D eigenvalue weighted by atomic mass is 16.3. The fourth-order valence-electron chi connectivity index (χ4n) is 0.399. The summed E-state index contributed by atoms with van der Waals surface area (Å²) in [4.78, 5) is 0. The van der Waals surface area contributed by atoms with Gasteiger partial charge in [-0.15, -0.1) is 0 Å². The lowest BCUT2D eigenvalue weighted by atomic mass is 9.99. The Bertz CT molecular complexity index is 127. The fraction of sp³-hybridized carbons (Fsp3) is 0.875. The summed E-state index contributed by atoms with van der Waals surface area (Å²) in [7, 11) is 0. The summed E-state index contributed by atoms with van der Waals surface area (Å²) in [5.74, 6) is 0. The summed E-state index contributed by atoms with van der Waals surface area (Å²) in [5.41, 5.74) is 2.91. The Morgan fingerprint density at radius 1 is 1.55 bits per heavy atom. The third-order valence-electron chi connectivity index (χ3n) is 1.02. The van der Waals surface area contributed by atoms with Gasteiger partial charge in [0.2, 0.25) is 0 Å². The van der Waals surface area contributed by atoms with Crippen LogP contribution >= 0.6 is 0 Å². The van der Waals surface area contributed by atoms with E-state index in [9.17, 15) is 0 Å². The summed E-state index contributed by atoms with van der Waals surface area (Å²) in [6.45, 7) is 8.20. The van der Waals surface area contributed by atoms with Gasteiger partial charge in [-0.1, -0.05) is 20.8 Å². The van der Waals surface area contributed by atoms with Gasteiger partial charge in [0, 0.05) is 6.21 Å². The van der Waals surface area contributed by atoms with E-state index in [1.165, 1.54) is 0 Å². The second-order valence-corrected chi connectivity index (χ2v) is 3.84. The minimum Gasteiger partial charge on any atom is -0.394 e.